The van der Waals surface area contributed by atoms with E-state index in [1.54, 1.807) is 0 Å². The molecular formula is C15H24N2S. The van der Waals surface area contributed by atoms with Gasteiger partial charge in [-0.2, -0.15) is 11.8 Å². The Morgan fingerprint density at radius 1 is 1.28 bits per heavy atom. The summed E-state index contributed by atoms with van der Waals surface area (Å²) in [5, 5.41) is 3.30. The summed E-state index contributed by atoms with van der Waals surface area (Å²) >= 11 is 2.06. The molecule has 0 bridgehead atoms. The second-order valence-electron chi connectivity index (χ2n) is 5.17. The highest BCUT2D eigenvalue weighted by Crippen LogP contribution is 2.27. The largest absolute Gasteiger partial charge is 0.370 e. The lowest BCUT2D eigenvalue weighted by molar-refractivity contribution is 0.785. The van der Waals surface area contributed by atoms with Crippen molar-refractivity contribution in [3.05, 3.63) is 29.3 Å². The van der Waals surface area contributed by atoms with Crippen molar-refractivity contribution in [2.75, 3.05) is 36.5 Å². The molecule has 2 rings (SSSR count). The molecule has 0 unspecified atom stereocenters. The van der Waals surface area contributed by atoms with E-state index in [0.717, 1.165) is 6.54 Å². The fourth-order valence-electron chi connectivity index (χ4n) is 2.41. The third-order valence-electron chi connectivity index (χ3n) is 3.49. The highest BCUT2D eigenvalue weighted by molar-refractivity contribution is 7.99. The SMILES string of the molecule is CNCc1cc(C(C)C)ccc1N1CCSCC1. The molecule has 0 aromatic heterocycles. The molecular weight excluding hydrogens is 240 g/mol. The first-order chi connectivity index (χ1) is 8.72. The molecule has 3 heteroatoms. The molecule has 100 valence electrons. The van der Waals surface area contributed by atoms with Gasteiger partial charge in [0.25, 0.3) is 0 Å². The fraction of sp³-hybridized carbons (Fsp3) is 0.600. The maximum atomic E-state index is 3.30. The Morgan fingerprint density at radius 3 is 2.61 bits per heavy atom. The van der Waals surface area contributed by atoms with Gasteiger partial charge >= 0.3 is 0 Å². The molecule has 1 aromatic carbocycles. The van der Waals surface area contributed by atoms with Crippen LogP contribution in [0, 0.1) is 0 Å². The third kappa shape index (κ3) is 3.21. The zero-order valence-corrected chi connectivity index (χ0v) is 12.5. The van der Waals surface area contributed by atoms with Gasteiger partial charge in [0.2, 0.25) is 0 Å². The first kappa shape index (κ1) is 13.8. The van der Waals surface area contributed by atoms with E-state index in [0.29, 0.717) is 5.92 Å². The van der Waals surface area contributed by atoms with Gasteiger partial charge in [0.05, 0.1) is 0 Å². The van der Waals surface area contributed by atoms with Crippen LogP contribution in [0.3, 0.4) is 0 Å². The van der Waals surface area contributed by atoms with Crippen LogP contribution in [0.25, 0.3) is 0 Å². The molecule has 1 aliphatic heterocycles. The Balaban J connectivity index is 2.27. The van der Waals surface area contributed by atoms with Crippen LogP contribution in [0.5, 0.6) is 0 Å². The van der Waals surface area contributed by atoms with Gasteiger partial charge < -0.3 is 10.2 Å². The Labute approximate surface area is 115 Å². The van der Waals surface area contributed by atoms with E-state index in [2.05, 4.69) is 54.0 Å². The van der Waals surface area contributed by atoms with Crippen LogP contribution in [0.1, 0.15) is 30.9 Å². The number of benzene rings is 1. The summed E-state index contributed by atoms with van der Waals surface area (Å²) in [5.41, 5.74) is 4.31. The lowest BCUT2D eigenvalue weighted by Crippen LogP contribution is -2.33. The van der Waals surface area contributed by atoms with Crippen LogP contribution in [-0.2, 0) is 6.54 Å². The van der Waals surface area contributed by atoms with Crippen molar-refractivity contribution in [1.82, 2.24) is 5.32 Å². The van der Waals surface area contributed by atoms with Gasteiger partial charge in [0.15, 0.2) is 0 Å². The van der Waals surface area contributed by atoms with Crippen molar-refractivity contribution < 1.29 is 0 Å². The van der Waals surface area contributed by atoms with Crippen molar-refractivity contribution in [2.24, 2.45) is 0 Å². The molecule has 1 saturated heterocycles. The second kappa shape index (κ2) is 6.48. The Morgan fingerprint density at radius 2 is 2.00 bits per heavy atom. The number of nitrogens with zero attached hydrogens (tertiary/aromatic N) is 1. The lowest BCUT2D eigenvalue weighted by Gasteiger charge is -2.31. The van der Waals surface area contributed by atoms with Gasteiger partial charge in [-0.05, 0) is 30.2 Å². The number of hydrogen-bond donors (Lipinski definition) is 1. The smallest absolute Gasteiger partial charge is 0.0412 e. The molecule has 18 heavy (non-hydrogen) atoms. The molecule has 1 heterocycles. The molecule has 0 spiro atoms. The van der Waals surface area contributed by atoms with Gasteiger partial charge in [-0.15, -0.1) is 0 Å². The molecule has 0 aliphatic carbocycles. The van der Waals surface area contributed by atoms with E-state index in [9.17, 15) is 0 Å². The summed E-state index contributed by atoms with van der Waals surface area (Å²) in [6, 6.07) is 6.98. The minimum absolute atomic E-state index is 0.603. The fourth-order valence-corrected chi connectivity index (χ4v) is 3.31. The summed E-state index contributed by atoms with van der Waals surface area (Å²) in [6.07, 6.45) is 0. The highest BCUT2D eigenvalue weighted by atomic mass is 32.2. The number of anilines is 1. The minimum Gasteiger partial charge on any atom is -0.370 e. The topological polar surface area (TPSA) is 15.3 Å². The number of thioether (sulfide) groups is 1. The monoisotopic (exact) mass is 264 g/mol. The van der Waals surface area contributed by atoms with E-state index in [-0.39, 0.29) is 0 Å². The molecule has 1 aliphatic rings. The van der Waals surface area contributed by atoms with Gasteiger partial charge in [-0.1, -0.05) is 26.0 Å². The standard InChI is InChI=1S/C15H24N2S/c1-12(2)13-4-5-15(14(10-13)11-16-3)17-6-8-18-9-7-17/h4-5,10,12,16H,6-9,11H2,1-3H3. The molecule has 0 saturated carbocycles. The van der Waals surface area contributed by atoms with Crippen molar-refractivity contribution in [2.45, 2.75) is 26.3 Å². The summed E-state index contributed by atoms with van der Waals surface area (Å²) < 4.78 is 0. The van der Waals surface area contributed by atoms with Gasteiger partial charge in [-0.25, -0.2) is 0 Å². The van der Waals surface area contributed by atoms with Crippen LogP contribution in [0.4, 0.5) is 5.69 Å². The van der Waals surface area contributed by atoms with Crippen molar-refractivity contribution in [3.63, 3.8) is 0 Å². The number of rotatable bonds is 4. The van der Waals surface area contributed by atoms with E-state index in [1.165, 1.54) is 41.4 Å². The molecule has 1 aromatic rings. The Bertz CT molecular complexity index is 384. The maximum Gasteiger partial charge on any atom is 0.0412 e. The van der Waals surface area contributed by atoms with Crippen LogP contribution in [0.2, 0.25) is 0 Å². The highest BCUT2D eigenvalue weighted by Gasteiger charge is 2.15. The summed E-state index contributed by atoms with van der Waals surface area (Å²) in [7, 11) is 2.03. The molecule has 0 amide bonds. The number of hydrogen-bond acceptors (Lipinski definition) is 3. The van der Waals surface area contributed by atoms with E-state index in [4.69, 9.17) is 0 Å². The molecule has 0 radical (unpaired) electrons. The molecule has 1 N–H and O–H groups in total. The van der Waals surface area contributed by atoms with Crippen LogP contribution in [0.15, 0.2) is 18.2 Å². The summed E-state index contributed by atoms with van der Waals surface area (Å²) in [6.45, 7) is 7.84. The van der Waals surface area contributed by atoms with E-state index in [1.807, 2.05) is 7.05 Å². The molecule has 1 fully saturated rings. The zero-order chi connectivity index (χ0) is 13.0. The summed E-state index contributed by atoms with van der Waals surface area (Å²) in [4.78, 5) is 2.54. The molecule has 2 nitrogen and oxygen atoms in total. The lowest BCUT2D eigenvalue weighted by atomic mass is 9.99. The predicted molar refractivity (Wildman–Crippen MR) is 82.8 cm³/mol. The zero-order valence-electron chi connectivity index (χ0n) is 11.7. The Kier molecular flexibility index (Phi) is 4.95. The average Bonchev–Trinajstić information content (AvgIpc) is 2.40. The Hall–Kier alpha value is -0.670. The second-order valence-corrected chi connectivity index (χ2v) is 6.40. The number of nitrogens with one attached hydrogen (secondary N) is 1. The quantitative estimate of drug-likeness (QED) is 0.899. The van der Waals surface area contributed by atoms with E-state index < -0.39 is 0 Å². The molecule has 0 atom stereocenters. The van der Waals surface area contributed by atoms with Gasteiger partial charge in [-0.3, -0.25) is 0 Å². The van der Waals surface area contributed by atoms with Crippen molar-refractivity contribution in [1.29, 1.82) is 0 Å². The average molecular weight is 264 g/mol. The van der Waals surface area contributed by atoms with Crippen LogP contribution >= 0.6 is 11.8 Å². The first-order valence-corrected chi connectivity index (χ1v) is 7.98. The van der Waals surface area contributed by atoms with Crippen LogP contribution < -0.4 is 10.2 Å². The predicted octanol–water partition coefficient (Wildman–Crippen LogP) is 3.08. The summed E-state index contributed by atoms with van der Waals surface area (Å²) in [5.74, 6) is 3.11. The third-order valence-corrected chi connectivity index (χ3v) is 4.43. The van der Waals surface area contributed by atoms with Crippen molar-refractivity contribution >= 4 is 17.4 Å². The van der Waals surface area contributed by atoms with Crippen molar-refractivity contribution in [3.8, 4) is 0 Å². The van der Waals surface area contributed by atoms with Gasteiger partial charge in [0, 0.05) is 36.8 Å². The first-order valence-electron chi connectivity index (χ1n) is 6.82. The van der Waals surface area contributed by atoms with E-state index >= 15 is 0 Å². The van der Waals surface area contributed by atoms with Gasteiger partial charge in [0.1, 0.15) is 0 Å². The maximum absolute atomic E-state index is 3.30. The minimum atomic E-state index is 0.603. The normalized spacial score (nSPS) is 16.3. The van der Waals surface area contributed by atoms with Crippen LogP contribution in [-0.4, -0.2) is 31.6 Å².